The quantitative estimate of drug-likeness (QED) is 0.820. The Kier molecular flexibility index (Phi) is 5.54. The third kappa shape index (κ3) is 4.27. The van der Waals surface area contributed by atoms with Crippen LogP contribution < -0.4 is 4.72 Å². The van der Waals surface area contributed by atoms with Crippen LogP contribution >= 0.6 is 31.9 Å². The maximum absolute atomic E-state index is 12.2. The van der Waals surface area contributed by atoms with Gasteiger partial charge < -0.3 is 4.90 Å². The number of nitrogens with one attached hydrogen (secondary N) is 1. The van der Waals surface area contributed by atoms with Crippen LogP contribution in [0.3, 0.4) is 0 Å². The molecular weight excluding hydrogens is 400 g/mol. The summed E-state index contributed by atoms with van der Waals surface area (Å²) in [6, 6.07) is 3.89. The number of sulfonamides is 1. The van der Waals surface area contributed by atoms with Crippen molar-refractivity contribution in [2.75, 3.05) is 14.1 Å². The molecule has 0 radical (unpaired) electrons. The van der Waals surface area contributed by atoms with Crippen LogP contribution in [-0.4, -0.2) is 39.4 Å². The van der Waals surface area contributed by atoms with E-state index in [2.05, 4.69) is 36.6 Å². The van der Waals surface area contributed by atoms with Crippen LogP contribution in [0.25, 0.3) is 0 Å². The Labute approximate surface area is 129 Å². The highest BCUT2D eigenvalue weighted by Gasteiger charge is 2.24. The van der Waals surface area contributed by atoms with E-state index in [4.69, 9.17) is 0 Å². The first-order chi connectivity index (χ1) is 8.65. The van der Waals surface area contributed by atoms with E-state index in [1.165, 1.54) is 17.9 Å². The lowest BCUT2D eigenvalue weighted by Crippen LogP contribution is -2.44. The summed E-state index contributed by atoms with van der Waals surface area (Å²) in [5, 5.41) is 0. The van der Waals surface area contributed by atoms with Crippen LogP contribution in [0.4, 0.5) is 0 Å². The molecule has 1 aromatic rings. The molecule has 5 nitrogen and oxygen atoms in total. The molecule has 106 valence electrons. The minimum atomic E-state index is -3.75. The maximum atomic E-state index is 12.2. The fraction of sp³-hybridized carbons (Fsp3) is 0.364. The second-order valence-electron chi connectivity index (χ2n) is 4.15. The lowest BCUT2D eigenvalue weighted by molar-refractivity contribution is -0.130. The molecule has 1 aromatic carbocycles. The summed E-state index contributed by atoms with van der Waals surface area (Å²) in [6.07, 6.45) is 0. The second-order valence-corrected chi connectivity index (χ2v) is 7.60. The first-order valence-electron chi connectivity index (χ1n) is 5.33. The number of carbonyl (C=O) groups is 1. The summed E-state index contributed by atoms with van der Waals surface area (Å²) in [6.45, 7) is 1.51. The normalized spacial score (nSPS) is 13.1. The number of likely N-dealkylation sites (N-methyl/N-ethyl adjacent to an activating group) is 1. The zero-order valence-corrected chi connectivity index (χ0v) is 14.6. The molecule has 1 rings (SSSR count). The highest BCUT2D eigenvalue weighted by Crippen LogP contribution is 2.25. The monoisotopic (exact) mass is 412 g/mol. The largest absolute Gasteiger partial charge is 0.347 e. The van der Waals surface area contributed by atoms with E-state index >= 15 is 0 Å². The Morgan fingerprint density at radius 3 is 2.37 bits per heavy atom. The highest BCUT2D eigenvalue weighted by atomic mass is 79.9. The number of rotatable bonds is 4. The summed E-state index contributed by atoms with van der Waals surface area (Å²) < 4.78 is 27.9. The van der Waals surface area contributed by atoms with Gasteiger partial charge in [-0.15, -0.1) is 0 Å². The SMILES string of the molecule is CC(NS(=O)(=O)c1ccc(Br)cc1Br)C(=O)N(C)C. The van der Waals surface area contributed by atoms with Gasteiger partial charge in [0.05, 0.1) is 10.9 Å². The fourth-order valence-corrected chi connectivity index (χ4v) is 4.37. The predicted octanol–water partition coefficient (Wildman–Crippen LogP) is 1.97. The molecule has 1 N–H and O–H groups in total. The van der Waals surface area contributed by atoms with Crippen LogP contribution in [0.2, 0.25) is 0 Å². The summed E-state index contributed by atoms with van der Waals surface area (Å²) in [4.78, 5) is 13.1. The summed E-state index contributed by atoms with van der Waals surface area (Å²) >= 11 is 6.44. The number of hydrogen-bond donors (Lipinski definition) is 1. The average molecular weight is 414 g/mol. The van der Waals surface area contributed by atoms with E-state index in [0.29, 0.717) is 4.47 Å². The van der Waals surface area contributed by atoms with Gasteiger partial charge in [-0.1, -0.05) is 15.9 Å². The van der Waals surface area contributed by atoms with Crippen molar-refractivity contribution in [3.63, 3.8) is 0 Å². The fourth-order valence-electron chi connectivity index (χ4n) is 1.43. The van der Waals surface area contributed by atoms with E-state index in [0.717, 1.165) is 4.47 Å². The predicted molar refractivity (Wildman–Crippen MR) is 80.3 cm³/mol. The Bertz CT molecular complexity index is 588. The van der Waals surface area contributed by atoms with Gasteiger partial charge in [0.1, 0.15) is 0 Å². The zero-order chi connectivity index (χ0) is 14.8. The van der Waals surface area contributed by atoms with Crippen molar-refractivity contribution in [1.29, 1.82) is 0 Å². The smallest absolute Gasteiger partial charge is 0.242 e. The van der Waals surface area contributed by atoms with Crippen LogP contribution in [0.15, 0.2) is 32.0 Å². The lowest BCUT2D eigenvalue weighted by atomic mass is 10.3. The van der Waals surface area contributed by atoms with Crippen molar-refractivity contribution >= 4 is 47.8 Å². The number of benzene rings is 1. The molecule has 0 saturated heterocycles. The second kappa shape index (κ2) is 6.34. The van der Waals surface area contributed by atoms with Gasteiger partial charge in [0.2, 0.25) is 15.9 Å². The van der Waals surface area contributed by atoms with Gasteiger partial charge in [-0.2, -0.15) is 4.72 Å². The van der Waals surface area contributed by atoms with Crippen molar-refractivity contribution in [2.24, 2.45) is 0 Å². The van der Waals surface area contributed by atoms with E-state index < -0.39 is 16.1 Å². The summed E-state index contributed by atoms with van der Waals surface area (Å²) in [7, 11) is -0.606. The van der Waals surface area contributed by atoms with Crippen LogP contribution in [0, 0.1) is 0 Å². The minimum Gasteiger partial charge on any atom is -0.347 e. The third-order valence-electron chi connectivity index (χ3n) is 2.33. The molecule has 0 fully saturated rings. The zero-order valence-electron chi connectivity index (χ0n) is 10.6. The van der Waals surface area contributed by atoms with Crippen molar-refractivity contribution in [2.45, 2.75) is 17.9 Å². The van der Waals surface area contributed by atoms with Gasteiger partial charge in [-0.3, -0.25) is 4.79 Å². The molecule has 8 heteroatoms. The standard InChI is InChI=1S/C11H14Br2N2O3S/c1-7(11(16)15(2)3)14-19(17,18)10-5-4-8(12)6-9(10)13/h4-7,14H,1-3H3. The summed E-state index contributed by atoms with van der Waals surface area (Å²) in [5.74, 6) is -0.309. The van der Waals surface area contributed by atoms with Crippen LogP contribution in [0.1, 0.15) is 6.92 Å². The number of nitrogens with zero attached hydrogens (tertiary/aromatic N) is 1. The molecule has 0 saturated carbocycles. The van der Waals surface area contributed by atoms with Gasteiger partial charge in [0.25, 0.3) is 0 Å². The molecule has 0 aliphatic carbocycles. The van der Waals surface area contributed by atoms with Crippen molar-refractivity contribution in [3.05, 3.63) is 27.1 Å². The number of hydrogen-bond acceptors (Lipinski definition) is 3. The topological polar surface area (TPSA) is 66.5 Å². The van der Waals surface area contributed by atoms with Crippen molar-refractivity contribution < 1.29 is 13.2 Å². The van der Waals surface area contributed by atoms with Gasteiger partial charge in [-0.05, 0) is 41.1 Å². The van der Waals surface area contributed by atoms with Gasteiger partial charge >= 0.3 is 0 Å². The van der Waals surface area contributed by atoms with Crippen LogP contribution in [0.5, 0.6) is 0 Å². The summed E-state index contributed by atoms with van der Waals surface area (Å²) in [5.41, 5.74) is 0. The number of amides is 1. The Morgan fingerprint density at radius 2 is 1.89 bits per heavy atom. The molecule has 1 unspecified atom stereocenters. The van der Waals surface area contributed by atoms with Crippen LogP contribution in [-0.2, 0) is 14.8 Å². The van der Waals surface area contributed by atoms with E-state index in [1.807, 2.05) is 0 Å². The molecule has 1 amide bonds. The molecule has 0 spiro atoms. The first kappa shape index (κ1) is 16.6. The molecule has 0 aliphatic rings. The average Bonchev–Trinajstić information content (AvgIpc) is 2.26. The third-order valence-corrected chi connectivity index (χ3v) is 5.34. The van der Waals surface area contributed by atoms with E-state index in [-0.39, 0.29) is 10.8 Å². The molecule has 0 aliphatic heterocycles. The van der Waals surface area contributed by atoms with E-state index in [1.54, 1.807) is 26.2 Å². The Hall–Kier alpha value is -0.440. The highest BCUT2D eigenvalue weighted by molar-refractivity contribution is 9.11. The Balaban J connectivity index is 3.02. The Morgan fingerprint density at radius 1 is 1.32 bits per heavy atom. The lowest BCUT2D eigenvalue weighted by Gasteiger charge is -2.18. The van der Waals surface area contributed by atoms with Gasteiger partial charge in [-0.25, -0.2) is 8.42 Å². The molecule has 0 heterocycles. The van der Waals surface area contributed by atoms with Crippen molar-refractivity contribution in [3.8, 4) is 0 Å². The molecule has 19 heavy (non-hydrogen) atoms. The van der Waals surface area contributed by atoms with Gasteiger partial charge in [0.15, 0.2) is 0 Å². The van der Waals surface area contributed by atoms with E-state index in [9.17, 15) is 13.2 Å². The molecule has 0 aromatic heterocycles. The van der Waals surface area contributed by atoms with Gasteiger partial charge in [0, 0.05) is 23.0 Å². The first-order valence-corrected chi connectivity index (χ1v) is 8.40. The number of carbonyl (C=O) groups excluding carboxylic acids is 1. The molecular formula is C11H14Br2N2O3S. The molecule has 1 atom stereocenters. The number of halogens is 2. The minimum absolute atomic E-state index is 0.0918. The van der Waals surface area contributed by atoms with Crippen molar-refractivity contribution in [1.82, 2.24) is 9.62 Å². The maximum Gasteiger partial charge on any atom is 0.242 e. The molecule has 0 bridgehead atoms.